The summed E-state index contributed by atoms with van der Waals surface area (Å²) in [6.45, 7) is -0.308. The Bertz CT molecular complexity index is 526. The highest BCUT2D eigenvalue weighted by Gasteiger charge is 2.24. The second-order valence-electron chi connectivity index (χ2n) is 4.76. The molecule has 0 saturated heterocycles. The van der Waals surface area contributed by atoms with E-state index >= 15 is 0 Å². The molecule has 0 radical (unpaired) electrons. The molecule has 2 rings (SSSR count). The lowest BCUT2D eigenvalue weighted by atomic mass is 10.1. The third kappa shape index (κ3) is 3.62. The molecule has 2 N–H and O–H groups in total. The zero-order valence-corrected chi connectivity index (χ0v) is 11.8. The molecule has 0 atom stereocenters. The summed E-state index contributed by atoms with van der Waals surface area (Å²) in [7, 11) is 1.43. The van der Waals surface area contributed by atoms with E-state index in [0.29, 0.717) is 5.75 Å². The molecule has 0 bridgehead atoms. The maximum absolute atomic E-state index is 11.8. The maximum atomic E-state index is 11.8. The number of carbonyl (C=O) groups is 2. The topological polar surface area (TPSA) is 101 Å². The van der Waals surface area contributed by atoms with Crippen LogP contribution in [0.5, 0.6) is 11.5 Å². The number of nitrogens with two attached hydrogens (primary N) is 1. The Balaban J connectivity index is 1.98. The van der Waals surface area contributed by atoms with E-state index in [-0.39, 0.29) is 30.1 Å². The molecular formula is C14H18N2O5. The fourth-order valence-corrected chi connectivity index (χ4v) is 2.33. The summed E-state index contributed by atoms with van der Waals surface area (Å²) in [5.74, 6) is -0.704. The van der Waals surface area contributed by atoms with Crippen molar-refractivity contribution in [1.29, 1.82) is 0 Å². The largest absolute Gasteiger partial charge is 0.493 e. The third-order valence-electron chi connectivity index (χ3n) is 3.41. The molecule has 1 saturated carbocycles. The number of hydrogen-bond acceptors (Lipinski definition) is 6. The van der Waals surface area contributed by atoms with Gasteiger partial charge in [0.2, 0.25) is 6.79 Å². The Morgan fingerprint density at radius 3 is 2.71 bits per heavy atom. The molecule has 1 aromatic rings. The number of rotatable bonds is 6. The SMILES string of the molecule is COc1ccnc(C(N)=O)c1OCOC(=O)C1CCCC1. The van der Waals surface area contributed by atoms with E-state index in [1.54, 1.807) is 0 Å². The van der Waals surface area contributed by atoms with Gasteiger partial charge in [-0.15, -0.1) is 0 Å². The summed E-state index contributed by atoms with van der Waals surface area (Å²) < 4.78 is 15.5. The lowest BCUT2D eigenvalue weighted by Crippen LogP contribution is -2.20. The highest BCUT2D eigenvalue weighted by molar-refractivity contribution is 5.94. The van der Waals surface area contributed by atoms with E-state index in [0.717, 1.165) is 25.7 Å². The number of pyridine rings is 1. The van der Waals surface area contributed by atoms with Crippen LogP contribution in [0.15, 0.2) is 12.3 Å². The Morgan fingerprint density at radius 2 is 2.10 bits per heavy atom. The first kappa shape index (κ1) is 15.1. The highest BCUT2D eigenvalue weighted by atomic mass is 16.7. The molecule has 21 heavy (non-hydrogen) atoms. The van der Waals surface area contributed by atoms with Crippen LogP contribution in [0.3, 0.4) is 0 Å². The number of esters is 1. The molecule has 1 aromatic heterocycles. The first-order chi connectivity index (χ1) is 10.1. The molecule has 1 amide bonds. The van der Waals surface area contributed by atoms with Crippen molar-refractivity contribution >= 4 is 11.9 Å². The molecular weight excluding hydrogens is 276 g/mol. The van der Waals surface area contributed by atoms with E-state index in [9.17, 15) is 9.59 Å². The van der Waals surface area contributed by atoms with Crippen molar-refractivity contribution in [2.24, 2.45) is 11.7 Å². The van der Waals surface area contributed by atoms with Gasteiger partial charge in [0.1, 0.15) is 0 Å². The highest BCUT2D eigenvalue weighted by Crippen LogP contribution is 2.30. The number of carbonyl (C=O) groups excluding carboxylic acids is 2. The fraction of sp³-hybridized carbons (Fsp3) is 0.500. The van der Waals surface area contributed by atoms with E-state index in [1.807, 2.05) is 0 Å². The van der Waals surface area contributed by atoms with Crippen LogP contribution in [0, 0.1) is 5.92 Å². The quantitative estimate of drug-likeness (QED) is 0.626. The Morgan fingerprint density at radius 1 is 1.38 bits per heavy atom. The second kappa shape index (κ2) is 6.92. The number of nitrogens with zero attached hydrogens (tertiary/aromatic N) is 1. The Hall–Kier alpha value is -2.31. The first-order valence-electron chi connectivity index (χ1n) is 6.75. The zero-order valence-electron chi connectivity index (χ0n) is 11.8. The number of primary amides is 1. The number of ether oxygens (including phenoxy) is 3. The van der Waals surface area contributed by atoms with E-state index in [4.69, 9.17) is 19.9 Å². The van der Waals surface area contributed by atoms with Gasteiger partial charge in [-0.3, -0.25) is 9.59 Å². The van der Waals surface area contributed by atoms with Crippen molar-refractivity contribution in [3.05, 3.63) is 18.0 Å². The lowest BCUT2D eigenvalue weighted by molar-refractivity contribution is -0.155. The molecule has 1 aliphatic carbocycles. The predicted octanol–water partition coefficient (Wildman–Crippen LogP) is 1.26. The third-order valence-corrected chi connectivity index (χ3v) is 3.41. The second-order valence-corrected chi connectivity index (χ2v) is 4.76. The summed E-state index contributed by atoms with van der Waals surface area (Å²) in [5, 5.41) is 0. The van der Waals surface area contributed by atoms with Crippen LogP contribution in [0.25, 0.3) is 0 Å². The minimum atomic E-state index is -0.744. The van der Waals surface area contributed by atoms with Crippen LogP contribution in [0.4, 0.5) is 0 Å². The van der Waals surface area contributed by atoms with Gasteiger partial charge >= 0.3 is 5.97 Å². The van der Waals surface area contributed by atoms with Gasteiger partial charge in [0.05, 0.1) is 13.0 Å². The van der Waals surface area contributed by atoms with Crippen molar-refractivity contribution in [2.75, 3.05) is 13.9 Å². The number of aromatic nitrogens is 1. The van der Waals surface area contributed by atoms with Crippen molar-refractivity contribution in [3.8, 4) is 11.5 Å². The van der Waals surface area contributed by atoms with Crippen molar-refractivity contribution < 1.29 is 23.8 Å². The van der Waals surface area contributed by atoms with Gasteiger partial charge in [0.15, 0.2) is 17.2 Å². The van der Waals surface area contributed by atoms with Crippen LogP contribution >= 0.6 is 0 Å². The van der Waals surface area contributed by atoms with Crippen LogP contribution in [0.2, 0.25) is 0 Å². The van der Waals surface area contributed by atoms with Crippen LogP contribution in [-0.2, 0) is 9.53 Å². The van der Waals surface area contributed by atoms with E-state index in [1.165, 1.54) is 19.4 Å². The van der Waals surface area contributed by atoms with Crippen LogP contribution < -0.4 is 15.2 Å². The predicted molar refractivity (Wildman–Crippen MR) is 72.9 cm³/mol. The minimum absolute atomic E-state index is 0.0556. The smallest absolute Gasteiger partial charge is 0.311 e. The molecule has 0 spiro atoms. The van der Waals surface area contributed by atoms with Crippen molar-refractivity contribution in [3.63, 3.8) is 0 Å². The standard InChI is InChI=1S/C14H18N2O5/c1-19-10-6-7-16-11(13(15)17)12(10)20-8-21-14(18)9-4-2-3-5-9/h6-7,9H,2-5,8H2,1H3,(H2,15,17). The molecule has 0 aromatic carbocycles. The molecule has 114 valence electrons. The summed E-state index contributed by atoms with van der Waals surface area (Å²) >= 11 is 0. The molecule has 0 unspecified atom stereocenters. The van der Waals surface area contributed by atoms with Gasteiger partial charge in [-0.25, -0.2) is 4.98 Å². The lowest BCUT2D eigenvalue weighted by Gasteiger charge is -2.14. The summed E-state index contributed by atoms with van der Waals surface area (Å²) in [6, 6.07) is 1.53. The minimum Gasteiger partial charge on any atom is -0.493 e. The van der Waals surface area contributed by atoms with E-state index in [2.05, 4.69) is 4.98 Å². The summed E-state index contributed by atoms with van der Waals surface area (Å²) in [4.78, 5) is 26.9. The van der Waals surface area contributed by atoms with Crippen molar-refractivity contribution in [1.82, 2.24) is 4.98 Å². The molecule has 1 fully saturated rings. The average molecular weight is 294 g/mol. The molecule has 7 heteroatoms. The van der Waals surface area contributed by atoms with Crippen LogP contribution in [-0.4, -0.2) is 30.8 Å². The van der Waals surface area contributed by atoms with Gasteiger partial charge in [-0.1, -0.05) is 12.8 Å². The fourth-order valence-electron chi connectivity index (χ4n) is 2.33. The van der Waals surface area contributed by atoms with E-state index < -0.39 is 5.91 Å². The zero-order chi connectivity index (χ0) is 15.2. The van der Waals surface area contributed by atoms with Gasteiger partial charge in [-0.2, -0.15) is 0 Å². The number of amides is 1. The first-order valence-corrected chi connectivity index (χ1v) is 6.75. The Labute approximate surface area is 122 Å². The van der Waals surface area contributed by atoms with Gasteiger partial charge in [-0.05, 0) is 12.8 Å². The summed E-state index contributed by atoms with van der Waals surface area (Å²) in [5.41, 5.74) is 5.16. The van der Waals surface area contributed by atoms with Crippen LogP contribution in [0.1, 0.15) is 36.2 Å². The number of hydrogen-bond donors (Lipinski definition) is 1. The Kier molecular flexibility index (Phi) is 4.97. The normalized spacial score (nSPS) is 14.7. The molecule has 1 aliphatic rings. The maximum Gasteiger partial charge on any atom is 0.311 e. The average Bonchev–Trinajstić information content (AvgIpc) is 3.01. The monoisotopic (exact) mass is 294 g/mol. The molecule has 1 heterocycles. The summed E-state index contributed by atoms with van der Waals surface area (Å²) in [6.07, 6.45) is 5.17. The molecule has 0 aliphatic heterocycles. The number of methoxy groups -OCH3 is 1. The van der Waals surface area contributed by atoms with Gasteiger partial charge in [0, 0.05) is 12.3 Å². The van der Waals surface area contributed by atoms with Gasteiger partial charge < -0.3 is 19.9 Å². The van der Waals surface area contributed by atoms with Crippen molar-refractivity contribution in [2.45, 2.75) is 25.7 Å². The molecule has 7 nitrogen and oxygen atoms in total. The van der Waals surface area contributed by atoms with Gasteiger partial charge in [0.25, 0.3) is 5.91 Å².